The van der Waals surface area contributed by atoms with Crippen LogP contribution in [0.3, 0.4) is 0 Å². The lowest BCUT2D eigenvalue weighted by Gasteiger charge is -2.31. The second-order valence-corrected chi connectivity index (χ2v) is 7.33. The van der Waals surface area contributed by atoms with Crippen LogP contribution in [0.2, 0.25) is 0 Å². The lowest BCUT2D eigenvalue weighted by Crippen LogP contribution is -2.50. The summed E-state index contributed by atoms with van der Waals surface area (Å²) < 4.78 is 10.6. The summed E-state index contributed by atoms with van der Waals surface area (Å²) in [4.78, 5) is 22.8. The fraction of sp³-hybridized carbons (Fsp3) is 0.889. The topological polar surface area (TPSA) is 93.1 Å². The first kappa shape index (κ1) is 23.8. The first-order valence-electron chi connectivity index (χ1n) is 9.13. The third kappa shape index (κ3) is 12.8. The van der Waals surface area contributed by atoms with Crippen molar-refractivity contribution in [1.29, 1.82) is 0 Å². The number of nitrogens with zero attached hydrogens (tertiary/aromatic N) is 1. The zero-order valence-corrected chi connectivity index (χ0v) is 16.2. The van der Waals surface area contributed by atoms with Gasteiger partial charge in [-0.3, -0.25) is 4.79 Å². The number of carbonyl (C=O) groups excluding carboxylic acids is 1. The number of quaternary nitrogens is 1. The number of likely N-dealkylation sites (N-methyl/N-ethyl adjacent to an activating group) is 1. The van der Waals surface area contributed by atoms with Gasteiger partial charge in [0, 0.05) is 12.8 Å². The first-order chi connectivity index (χ1) is 11.7. The first-order valence-corrected chi connectivity index (χ1v) is 9.13. The van der Waals surface area contributed by atoms with Crippen molar-refractivity contribution in [2.24, 2.45) is 0 Å². The number of aliphatic hydroxyl groups excluding tert-OH is 1. The van der Waals surface area contributed by atoms with E-state index in [1.807, 2.05) is 21.1 Å². The van der Waals surface area contributed by atoms with Crippen molar-refractivity contribution in [2.45, 2.75) is 64.0 Å². The molecule has 0 aromatic heterocycles. The summed E-state index contributed by atoms with van der Waals surface area (Å²) in [5.74, 6) is -1.17. The lowest BCUT2D eigenvalue weighted by molar-refractivity contribution is -0.887. The third-order valence-corrected chi connectivity index (χ3v) is 3.99. The zero-order chi connectivity index (χ0) is 19.3. The Bertz CT molecular complexity index is 380. The largest absolute Gasteiger partial charge is 0.477 e. The molecule has 0 radical (unpaired) electrons. The van der Waals surface area contributed by atoms with E-state index in [1.165, 1.54) is 12.8 Å². The Kier molecular flexibility index (Phi) is 12.5. The molecule has 25 heavy (non-hydrogen) atoms. The smallest absolute Gasteiger partial charge is 0.362 e. The Hall–Kier alpha value is -1.18. The molecule has 148 valence electrons. The van der Waals surface area contributed by atoms with Gasteiger partial charge in [-0.2, -0.15) is 0 Å². The van der Waals surface area contributed by atoms with Crippen LogP contribution < -0.4 is 0 Å². The van der Waals surface area contributed by atoms with E-state index >= 15 is 0 Å². The molecule has 2 atom stereocenters. The quantitative estimate of drug-likeness (QED) is 0.262. The minimum Gasteiger partial charge on any atom is -0.477 e. The van der Waals surface area contributed by atoms with Crippen LogP contribution in [-0.2, 0) is 19.1 Å². The molecular formula is C18H36NO6+. The molecule has 0 aromatic rings. The van der Waals surface area contributed by atoms with Gasteiger partial charge in [0.1, 0.15) is 12.7 Å². The van der Waals surface area contributed by atoms with Crippen molar-refractivity contribution in [3.05, 3.63) is 0 Å². The van der Waals surface area contributed by atoms with E-state index < -0.39 is 18.1 Å². The molecule has 0 aliphatic heterocycles. The number of unbranched alkanes of at least 4 members (excludes halogenated alkanes) is 4. The highest BCUT2D eigenvalue weighted by Crippen LogP contribution is 2.09. The monoisotopic (exact) mass is 362 g/mol. The summed E-state index contributed by atoms with van der Waals surface area (Å²) in [5, 5.41) is 19.0. The lowest BCUT2D eigenvalue weighted by atomic mass is 10.1. The van der Waals surface area contributed by atoms with Crippen molar-refractivity contribution < 1.29 is 33.8 Å². The fourth-order valence-electron chi connectivity index (χ4n) is 2.44. The number of ether oxygens (including phenoxy) is 2. The molecule has 0 aromatic carbocycles. The molecule has 7 nitrogen and oxygen atoms in total. The highest BCUT2D eigenvalue weighted by molar-refractivity contribution is 5.72. The molecule has 0 saturated carbocycles. The minimum atomic E-state index is -0.892. The summed E-state index contributed by atoms with van der Waals surface area (Å²) in [7, 11) is 5.44. The van der Waals surface area contributed by atoms with Crippen LogP contribution in [0.15, 0.2) is 0 Å². The van der Waals surface area contributed by atoms with Gasteiger partial charge in [0.25, 0.3) is 0 Å². The van der Waals surface area contributed by atoms with Crippen molar-refractivity contribution in [3.8, 4) is 0 Å². The van der Waals surface area contributed by atoms with Crippen molar-refractivity contribution in [3.63, 3.8) is 0 Å². The number of hydrogen-bond acceptors (Lipinski definition) is 5. The van der Waals surface area contributed by atoms with Gasteiger partial charge in [-0.05, 0) is 6.42 Å². The van der Waals surface area contributed by atoms with Gasteiger partial charge >= 0.3 is 11.9 Å². The predicted octanol–water partition coefficient (Wildman–Crippen LogP) is 1.82. The number of carbonyl (C=O) groups is 2. The van der Waals surface area contributed by atoms with E-state index in [-0.39, 0.29) is 25.8 Å². The Morgan fingerprint density at radius 3 is 2.24 bits per heavy atom. The molecule has 2 unspecified atom stereocenters. The van der Waals surface area contributed by atoms with Crippen LogP contribution in [0.1, 0.15) is 51.9 Å². The van der Waals surface area contributed by atoms with E-state index in [4.69, 9.17) is 9.47 Å². The Labute approximate surface area is 151 Å². The highest BCUT2D eigenvalue weighted by Gasteiger charge is 2.30. The molecule has 0 aliphatic rings. The minimum absolute atomic E-state index is 0.0211. The number of carboxylic acid groups (broad SMARTS) is 1. The predicted molar refractivity (Wildman–Crippen MR) is 95.2 cm³/mol. The normalized spacial score (nSPS) is 14.1. The summed E-state index contributed by atoms with van der Waals surface area (Å²) in [6, 6.07) is -0.567. The van der Waals surface area contributed by atoms with Gasteiger partial charge in [0.15, 0.2) is 6.04 Å². The average molecular weight is 362 g/mol. The van der Waals surface area contributed by atoms with Crippen LogP contribution in [0.5, 0.6) is 0 Å². The maximum atomic E-state index is 11.5. The van der Waals surface area contributed by atoms with Crippen LogP contribution >= 0.6 is 0 Å². The van der Waals surface area contributed by atoms with Crippen molar-refractivity contribution in [2.75, 3.05) is 41.0 Å². The molecule has 7 heteroatoms. The van der Waals surface area contributed by atoms with Crippen molar-refractivity contribution in [1.82, 2.24) is 0 Å². The van der Waals surface area contributed by atoms with E-state index in [9.17, 15) is 19.8 Å². The van der Waals surface area contributed by atoms with Gasteiger partial charge in [-0.15, -0.1) is 0 Å². The summed E-state index contributed by atoms with van der Waals surface area (Å²) in [5.41, 5.74) is 0. The summed E-state index contributed by atoms with van der Waals surface area (Å²) in [6.07, 6.45) is 5.14. The molecule has 0 rings (SSSR count). The Balaban J connectivity index is 3.78. The Morgan fingerprint density at radius 2 is 1.68 bits per heavy atom. The molecule has 0 heterocycles. The fourth-order valence-corrected chi connectivity index (χ4v) is 2.44. The van der Waals surface area contributed by atoms with Crippen LogP contribution in [0, 0.1) is 0 Å². The number of hydrogen-bond donors (Lipinski definition) is 2. The van der Waals surface area contributed by atoms with Crippen LogP contribution in [0.25, 0.3) is 0 Å². The number of carboxylic acids is 1. The summed E-state index contributed by atoms with van der Waals surface area (Å²) >= 11 is 0. The summed E-state index contributed by atoms with van der Waals surface area (Å²) in [6.45, 7) is 2.30. The van der Waals surface area contributed by atoms with Gasteiger partial charge < -0.3 is 24.2 Å². The average Bonchev–Trinajstić information content (AvgIpc) is 2.50. The molecule has 0 aliphatic carbocycles. The number of rotatable bonds is 15. The SMILES string of the molecule is CCCCCCCC(=O)OCC(O)COCCC(C(=O)O)[N+](C)(C)C. The van der Waals surface area contributed by atoms with Crippen LogP contribution in [0.4, 0.5) is 0 Å². The second-order valence-electron chi connectivity index (χ2n) is 7.33. The van der Waals surface area contributed by atoms with Gasteiger partial charge in [0.05, 0.1) is 34.4 Å². The van der Waals surface area contributed by atoms with E-state index in [0.717, 1.165) is 19.3 Å². The molecule has 0 bridgehead atoms. The van der Waals surface area contributed by atoms with Gasteiger partial charge in [0.2, 0.25) is 0 Å². The van der Waals surface area contributed by atoms with E-state index in [2.05, 4.69) is 6.92 Å². The third-order valence-electron chi connectivity index (χ3n) is 3.99. The van der Waals surface area contributed by atoms with Crippen molar-refractivity contribution >= 4 is 11.9 Å². The molecule has 2 N–H and O–H groups in total. The molecular weight excluding hydrogens is 326 g/mol. The second kappa shape index (κ2) is 13.1. The highest BCUT2D eigenvalue weighted by atomic mass is 16.5. The number of esters is 1. The number of aliphatic carboxylic acids is 1. The standard InChI is InChI=1S/C18H35NO6/c1-5-6-7-8-9-10-17(21)25-14-15(20)13-24-12-11-16(18(22)23)19(2,3)4/h15-16,20H,5-14H2,1-4H3/p+1. The maximum Gasteiger partial charge on any atom is 0.362 e. The van der Waals surface area contributed by atoms with Gasteiger partial charge in [-0.25, -0.2) is 4.79 Å². The maximum absolute atomic E-state index is 11.5. The molecule has 0 spiro atoms. The molecule has 0 amide bonds. The van der Waals surface area contributed by atoms with Gasteiger partial charge in [-0.1, -0.05) is 32.6 Å². The Morgan fingerprint density at radius 1 is 1.04 bits per heavy atom. The molecule has 0 fully saturated rings. The zero-order valence-electron chi connectivity index (χ0n) is 16.2. The van der Waals surface area contributed by atoms with E-state index in [1.54, 1.807) is 0 Å². The van der Waals surface area contributed by atoms with Crippen LogP contribution in [-0.4, -0.2) is 79.7 Å². The molecule has 0 saturated heterocycles. The number of aliphatic hydroxyl groups is 1. The van der Waals surface area contributed by atoms with E-state index in [0.29, 0.717) is 17.3 Å².